The Bertz CT molecular complexity index is 1190. The molecule has 4 heterocycles. The lowest BCUT2D eigenvalue weighted by Crippen LogP contribution is -2.50. The maximum Gasteiger partial charge on any atom is 0.294 e. The Morgan fingerprint density at radius 1 is 1.15 bits per heavy atom. The van der Waals surface area contributed by atoms with Gasteiger partial charge in [-0.05, 0) is 56.9 Å². The summed E-state index contributed by atoms with van der Waals surface area (Å²) < 4.78 is 5.26. The number of oxazole rings is 1. The number of hydrogen-bond donors (Lipinski definition) is 2. The van der Waals surface area contributed by atoms with Crippen molar-refractivity contribution in [2.75, 3.05) is 24.2 Å². The third kappa shape index (κ3) is 4.48. The van der Waals surface area contributed by atoms with Gasteiger partial charge in [0, 0.05) is 56.2 Å². The summed E-state index contributed by atoms with van der Waals surface area (Å²) in [6.45, 7) is 8.64. The Hall–Kier alpha value is -3.46. The highest BCUT2D eigenvalue weighted by Gasteiger charge is 2.35. The van der Waals surface area contributed by atoms with Gasteiger partial charge >= 0.3 is 0 Å². The quantitative estimate of drug-likeness (QED) is 0.591. The lowest BCUT2D eigenvalue weighted by molar-refractivity contribution is 0.0455. The fourth-order valence-corrected chi connectivity index (χ4v) is 5.09. The number of carbonyl (C=O) groups is 1. The van der Waals surface area contributed by atoms with E-state index in [2.05, 4.69) is 64.5 Å². The summed E-state index contributed by atoms with van der Waals surface area (Å²) in [6, 6.07) is 7.23. The van der Waals surface area contributed by atoms with Crippen molar-refractivity contribution >= 4 is 23.6 Å². The second-order valence-electron chi connectivity index (χ2n) is 9.39. The van der Waals surface area contributed by atoms with Crippen LogP contribution in [0.2, 0.25) is 0 Å². The lowest BCUT2D eigenvalue weighted by atomic mass is 9.96. The molecule has 0 unspecified atom stereocenters. The SMILES string of the molecule is CNc1nc(C(=O)N2CC[C@@H](N3Cc4cnc(Nc5cc(C)cc(C)c5)nc4C3)C[C@H]2C)co1. The van der Waals surface area contributed by atoms with Crippen molar-refractivity contribution in [3.05, 3.63) is 58.7 Å². The molecule has 1 fully saturated rings. The van der Waals surface area contributed by atoms with E-state index in [1.807, 2.05) is 11.1 Å². The fraction of sp³-hybridized carbons (Fsp3) is 0.440. The molecular formula is C25H31N7O2. The van der Waals surface area contributed by atoms with Gasteiger partial charge in [-0.1, -0.05) is 6.07 Å². The third-order valence-electron chi connectivity index (χ3n) is 6.72. The van der Waals surface area contributed by atoms with Crippen LogP contribution in [0.3, 0.4) is 0 Å². The van der Waals surface area contributed by atoms with E-state index in [0.29, 0.717) is 30.2 Å². The van der Waals surface area contributed by atoms with Crippen LogP contribution in [0.4, 0.5) is 17.7 Å². The van der Waals surface area contributed by atoms with Crippen molar-refractivity contribution in [3.8, 4) is 0 Å². The van der Waals surface area contributed by atoms with Crippen molar-refractivity contribution in [2.45, 2.75) is 58.8 Å². The molecule has 5 rings (SSSR count). The Morgan fingerprint density at radius 2 is 1.94 bits per heavy atom. The molecular weight excluding hydrogens is 430 g/mol. The first kappa shape index (κ1) is 22.3. The number of rotatable bonds is 5. The molecule has 178 valence electrons. The van der Waals surface area contributed by atoms with Crippen LogP contribution in [0.1, 0.15) is 52.6 Å². The third-order valence-corrected chi connectivity index (χ3v) is 6.72. The minimum absolute atomic E-state index is 0.0751. The minimum atomic E-state index is -0.0751. The number of nitrogens with zero attached hydrogens (tertiary/aromatic N) is 5. The first-order valence-corrected chi connectivity index (χ1v) is 11.8. The summed E-state index contributed by atoms with van der Waals surface area (Å²) in [4.78, 5) is 30.9. The second-order valence-corrected chi connectivity index (χ2v) is 9.39. The molecule has 2 aliphatic rings. The summed E-state index contributed by atoms with van der Waals surface area (Å²) in [7, 11) is 1.72. The van der Waals surface area contributed by atoms with Gasteiger partial charge in [-0.2, -0.15) is 4.98 Å². The predicted molar refractivity (Wildman–Crippen MR) is 130 cm³/mol. The Labute approximate surface area is 199 Å². The lowest BCUT2D eigenvalue weighted by Gasteiger charge is -2.40. The highest BCUT2D eigenvalue weighted by atomic mass is 16.4. The highest BCUT2D eigenvalue weighted by molar-refractivity contribution is 5.92. The number of anilines is 3. The molecule has 34 heavy (non-hydrogen) atoms. The van der Waals surface area contributed by atoms with Crippen molar-refractivity contribution < 1.29 is 9.21 Å². The molecule has 9 nitrogen and oxygen atoms in total. The number of carbonyl (C=O) groups excluding carboxylic acids is 1. The van der Waals surface area contributed by atoms with Crippen LogP contribution < -0.4 is 10.6 Å². The molecule has 9 heteroatoms. The van der Waals surface area contributed by atoms with Crippen LogP contribution in [-0.4, -0.2) is 56.3 Å². The average Bonchev–Trinajstić information content (AvgIpc) is 3.45. The van der Waals surface area contributed by atoms with Crippen LogP contribution >= 0.6 is 0 Å². The maximum atomic E-state index is 12.9. The number of piperidine rings is 1. The van der Waals surface area contributed by atoms with Gasteiger partial charge in [-0.25, -0.2) is 9.97 Å². The van der Waals surface area contributed by atoms with Crippen molar-refractivity contribution in [3.63, 3.8) is 0 Å². The Kier molecular flexibility index (Phi) is 5.95. The van der Waals surface area contributed by atoms with Crippen LogP contribution in [0, 0.1) is 13.8 Å². The van der Waals surface area contributed by atoms with Gasteiger partial charge in [0.2, 0.25) is 5.95 Å². The van der Waals surface area contributed by atoms with E-state index in [9.17, 15) is 4.79 Å². The molecule has 0 saturated carbocycles. The molecule has 0 spiro atoms. The second kappa shape index (κ2) is 9.06. The summed E-state index contributed by atoms with van der Waals surface area (Å²) in [6.07, 6.45) is 5.20. The number of aromatic nitrogens is 3. The number of fused-ring (bicyclic) bond motifs is 1. The van der Waals surface area contributed by atoms with Gasteiger partial charge in [0.25, 0.3) is 11.9 Å². The number of aryl methyl sites for hydroxylation is 2. The predicted octanol–water partition coefficient (Wildman–Crippen LogP) is 3.88. The standard InChI is InChI=1S/C25H31N7O2/c1-15-7-16(2)9-19(8-15)28-24-27-11-18-12-31(13-21(18)29-24)20-5-6-32(17(3)10-20)23(33)22-14-34-25(26-4)30-22/h7-9,11,14,17,20H,5-6,10,12-13H2,1-4H3,(H,26,30)(H,27,28,29)/t17-,20-/m1/s1. The van der Waals surface area contributed by atoms with Crippen molar-refractivity contribution in [1.82, 2.24) is 24.8 Å². The molecule has 0 aliphatic carbocycles. The maximum absolute atomic E-state index is 12.9. The normalized spacial score (nSPS) is 20.3. The largest absolute Gasteiger partial charge is 0.431 e. The van der Waals surface area contributed by atoms with E-state index in [4.69, 9.17) is 9.40 Å². The van der Waals surface area contributed by atoms with Gasteiger partial charge in [0.1, 0.15) is 6.26 Å². The smallest absolute Gasteiger partial charge is 0.294 e. The van der Waals surface area contributed by atoms with Crippen LogP contribution in [-0.2, 0) is 13.1 Å². The summed E-state index contributed by atoms with van der Waals surface area (Å²) in [5.74, 6) is 0.557. The molecule has 0 radical (unpaired) electrons. The first-order valence-electron chi connectivity index (χ1n) is 11.8. The van der Waals surface area contributed by atoms with Crippen LogP contribution in [0.25, 0.3) is 0 Å². The average molecular weight is 462 g/mol. The van der Waals surface area contributed by atoms with Crippen molar-refractivity contribution in [1.29, 1.82) is 0 Å². The van der Waals surface area contributed by atoms with E-state index >= 15 is 0 Å². The van der Waals surface area contributed by atoms with Crippen LogP contribution in [0.15, 0.2) is 35.1 Å². The number of hydrogen-bond acceptors (Lipinski definition) is 8. The molecule has 2 aromatic heterocycles. The van der Waals surface area contributed by atoms with Gasteiger partial charge in [-0.3, -0.25) is 9.69 Å². The van der Waals surface area contributed by atoms with Crippen molar-refractivity contribution in [2.24, 2.45) is 0 Å². The zero-order valence-corrected chi connectivity index (χ0v) is 20.1. The molecule has 2 N–H and O–H groups in total. The zero-order valence-electron chi connectivity index (χ0n) is 20.1. The van der Waals surface area contributed by atoms with Gasteiger partial charge in [-0.15, -0.1) is 0 Å². The molecule has 0 bridgehead atoms. The zero-order chi connectivity index (χ0) is 23.8. The molecule has 1 aromatic carbocycles. The van der Waals surface area contributed by atoms with E-state index in [1.54, 1.807) is 7.05 Å². The number of amides is 1. The molecule has 3 aromatic rings. The molecule has 2 atom stereocenters. The van der Waals surface area contributed by atoms with Gasteiger partial charge in [0.15, 0.2) is 5.69 Å². The summed E-state index contributed by atoms with van der Waals surface area (Å²) in [5, 5.41) is 6.17. The van der Waals surface area contributed by atoms with E-state index in [0.717, 1.165) is 37.3 Å². The van der Waals surface area contributed by atoms with E-state index in [1.165, 1.54) is 23.0 Å². The molecule has 1 amide bonds. The Morgan fingerprint density at radius 3 is 2.65 bits per heavy atom. The summed E-state index contributed by atoms with van der Waals surface area (Å²) in [5.41, 5.74) is 6.03. The van der Waals surface area contributed by atoms with E-state index in [-0.39, 0.29) is 11.9 Å². The highest BCUT2D eigenvalue weighted by Crippen LogP contribution is 2.31. The fourth-order valence-electron chi connectivity index (χ4n) is 5.09. The number of benzene rings is 1. The first-order chi connectivity index (χ1) is 16.4. The monoisotopic (exact) mass is 461 g/mol. The topological polar surface area (TPSA) is 99.4 Å². The minimum Gasteiger partial charge on any atom is -0.431 e. The van der Waals surface area contributed by atoms with E-state index < -0.39 is 0 Å². The summed E-state index contributed by atoms with van der Waals surface area (Å²) >= 11 is 0. The van der Waals surface area contributed by atoms with Crippen LogP contribution in [0.5, 0.6) is 0 Å². The number of nitrogens with one attached hydrogen (secondary N) is 2. The molecule has 1 saturated heterocycles. The molecule has 2 aliphatic heterocycles. The number of likely N-dealkylation sites (tertiary alicyclic amines) is 1. The van der Waals surface area contributed by atoms with Gasteiger partial charge < -0.3 is 20.0 Å². The van der Waals surface area contributed by atoms with Gasteiger partial charge in [0.05, 0.1) is 5.69 Å². The Balaban J connectivity index is 1.22.